The van der Waals surface area contributed by atoms with Crippen LogP contribution in [0.1, 0.15) is 40.6 Å². The molecule has 0 fully saturated rings. The molecule has 3 heteroatoms. The van der Waals surface area contributed by atoms with Crippen LogP contribution in [-0.2, 0) is 5.75 Å². The van der Waals surface area contributed by atoms with E-state index in [-0.39, 0.29) is 0 Å². The molecule has 1 nitrogen and oxygen atoms in total. The van der Waals surface area contributed by atoms with Gasteiger partial charge in [-0.3, -0.25) is 0 Å². The van der Waals surface area contributed by atoms with Gasteiger partial charge in [-0.2, -0.15) is 0 Å². The predicted molar refractivity (Wildman–Crippen MR) is 128 cm³/mol. The average Bonchev–Trinajstić information content (AvgIpc) is 3.24. The third kappa shape index (κ3) is 3.78. The zero-order chi connectivity index (χ0) is 19.8. The Morgan fingerprint density at radius 3 is 2.62 bits per heavy atom. The van der Waals surface area contributed by atoms with Gasteiger partial charge in [0.2, 0.25) is 0 Å². The van der Waals surface area contributed by atoms with Gasteiger partial charge in [-0.1, -0.05) is 70.5 Å². The fraction of sp³-hybridized carbons (Fsp3) is 0.231. The Morgan fingerprint density at radius 1 is 1.03 bits per heavy atom. The number of hydrogen-bond donors (Lipinski definition) is 1. The number of thioether (sulfide) groups is 1. The Morgan fingerprint density at radius 2 is 1.83 bits per heavy atom. The number of allylic oxidation sites excluding steroid dienone is 2. The fourth-order valence-electron chi connectivity index (χ4n) is 4.73. The van der Waals surface area contributed by atoms with E-state index in [1.165, 1.54) is 32.8 Å². The second-order valence-electron chi connectivity index (χ2n) is 8.01. The van der Waals surface area contributed by atoms with Crippen LogP contribution >= 0.6 is 27.7 Å². The molecule has 1 N–H and O–H groups in total. The van der Waals surface area contributed by atoms with Gasteiger partial charge in [-0.05, 0) is 65.8 Å². The molecule has 0 bridgehead atoms. The van der Waals surface area contributed by atoms with E-state index in [1.54, 1.807) is 0 Å². The molecule has 0 aromatic heterocycles. The molecule has 5 rings (SSSR count). The summed E-state index contributed by atoms with van der Waals surface area (Å²) in [5, 5.41) is 3.91. The minimum Gasteiger partial charge on any atom is -0.377 e. The van der Waals surface area contributed by atoms with Crippen LogP contribution in [0.3, 0.4) is 0 Å². The van der Waals surface area contributed by atoms with E-state index < -0.39 is 0 Å². The van der Waals surface area contributed by atoms with Gasteiger partial charge >= 0.3 is 0 Å². The fourth-order valence-corrected chi connectivity index (χ4v) is 5.84. The van der Waals surface area contributed by atoms with Gasteiger partial charge in [-0.25, -0.2) is 0 Å². The molecule has 146 valence electrons. The van der Waals surface area contributed by atoms with Crippen LogP contribution in [-0.4, -0.2) is 0 Å². The van der Waals surface area contributed by atoms with Crippen molar-refractivity contribution < 1.29 is 0 Å². The first kappa shape index (κ1) is 19.0. The van der Waals surface area contributed by atoms with Crippen LogP contribution in [0.25, 0.3) is 0 Å². The molecule has 1 heterocycles. The molecular formula is C26H24BrNS. The summed E-state index contributed by atoms with van der Waals surface area (Å²) in [6.07, 6.45) is 5.95. The third-order valence-corrected chi connectivity index (χ3v) is 7.72. The predicted octanol–water partition coefficient (Wildman–Crippen LogP) is 7.88. The van der Waals surface area contributed by atoms with Crippen molar-refractivity contribution in [3.05, 3.63) is 106 Å². The van der Waals surface area contributed by atoms with Crippen LogP contribution in [0.2, 0.25) is 0 Å². The number of anilines is 1. The van der Waals surface area contributed by atoms with E-state index in [0.717, 1.165) is 16.6 Å². The zero-order valence-corrected chi connectivity index (χ0v) is 18.8. The summed E-state index contributed by atoms with van der Waals surface area (Å²) in [5.74, 6) is 2.09. The van der Waals surface area contributed by atoms with Crippen molar-refractivity contribution >= 4 is 33.4 Å². The number of benzene rings is 3. The number of rotatable bonds is 4. The summed E-state index contributed by atoms with van der Waals surface area (Å²) in [6.45, 7) is 2.25. The molecule has 0 saturated carbocycles. The van der Waals surface area contributed by atoms with E-state index in [9.17, 15) is 0 Å². The normalized spacial score (nSPS) is 22.1. The highest BCUT2D eigenvalue weighted by atomic mass is 79.9. The quantitative estimate of drug-likeness (QED) is 0.313. The van der Waals surface area contributed by atoms with E-state index >= 15 is 0 Å². The van der Waals surface area contributed by atoms with Crippen molar-refractivity contribution in [3.8, 4) is 0 Å². The van der Waals surface area contributed by atoms with Crippen molar-refractivity contribution in [1.82, 2.24) is 0 Å². The van der Waals surface area contributed by atoms with Crippen molar-refractivity contribution in [3.63, 3.8) is 0 Å². The van der Waals surface area contributed by atoms with Crippen LogP contribution in [0.15, 0.2) is 88.3 Å². The Labute approximate surface area is 185 Å². The lowest BCUT2D eigenvalue weighted by Gasteiger charge is -2.38. The third-order valence-electron chi connectivity index (χ3n) is 6.10. The van der Waals surface area contributed by atoms with Crippen LogP contribution in [0, 0.1) is 12.8 Å². The first-order chi connectivity index (χ1) is 14.2. The van der Waals surface area contributed by atoms with Crippen molar-refractivity contribution in [2.45, 2.75) is 36.0 Å². The Balaban J connectivity index is 1.46. The molecule has 29 heavy (non-hydrogen) atoms. The lowest BCUT2D eigenvalue weighted by Crippen LogP contribution is -2.29. The van der Waals surface area contributed by atoms with Crippen molar-refractivity contribution in [2.24, 2.45) is 5.92 Å². The monoisotopic (exact) mass is 461 g/mol. The molecule has 1 aliphatic carbocycles. The van der Waals surface area contributed by atoms with E-state index in [0.29, 0.717) is 17.9 Å². The van der Waals surface area contributed by atoms with Gasteiger partial charge in [0.15, 0.2) is 0 Å². The molecule has 3 aromatic rings. The molecule has 0 unspecified atom stereocenters. The summed E-state index contributed by atoms with van der Waals surface area (Å²) in [7, 11) is 0. The maximum atomic E-state index is 3.91. The maximum absolute atomic E-state index is 3.91. The Kier molecular flexibility index (Phi) is 5.28. The van der Waals surface area contributed by atoms with E-state index in [2.05, 4.69) is 107 Å². The minimum absolute atomic E-state index is 0.360. The molecule has 2 aliphatic rings. The SMILES string of the molecule is Cc1cc(CSc2ccccc2)cc2c1N[C@H](c1ccc(Br)cc1)[C@H]1CC=C[C@@H]21. The largest absolute Gasteiger partial charge is 0.377 e. The number of fused-ring (bicyclic) bond motifs is 3. The molecular weight excluding hydrogens is 438 g/mol. The maximum Gasteiger partial charge on any atom is 0.0554 e. The van der Waals surface area contributed by atoms with Crippen LogP contribution < -0.4 is 5.32 Å². The summed E-state index contributed by atoms with van der Waals surface area (Å²) in [6, 6.07) is 24.7. The van der Waals surface area contributed by atoms with Gasteiger partial charge in [-0.15, -0.1) is 11.8 Å². The molecule has 0 radical (unpaired) electrons. The van der Waals surface area contributed by atoms with Gasteiger partial charge < -0.3 is 5.32 Å². The highest BCUT2D eigenvalue weighted by molar-refractivity contribution is 9.10. The second-order valence-corrected chi connectivity index (χ2v) is 9.97. The Hall–Kier alpha value is -1.97. The van der Waals surface area contributed by atoms with Crippen LogP contribution in [0.5, 0.6) is 0 Å². The topological polar surface area (TPSA) is 12.0 Å². The van der Waals surface area contributed by atoms with Gasteiger partial charge in [0.25, 0.3) is 0 Å². The number of halogens is 1. The summed E-state index contributed by atoms with van der Waals surface area (Å²) >= 11 is 5.48. The number of aryl methyl sites for hydroxylation is 1. The second kappa shape index (κ2) is 8.04. The number of nitrogens with one attached hydrogen (secondary N) is 1. The smallest absolute Gasteiger partial charge is 0.0554 e. The Bertz CT molecular complexity index is 1040. The lowest BCUT2D eigenvalue weighted by atomic mass is 9.76. The summed E-state index contributed by atoms with van der Waals surface area (Å²) in [4.78, 5) is 1.33. The van der Waals surface area contributed by atoms with Gasteiger partial charge in [0.05, 0.1) is 6.04 Å². The summed E-state index contributed by atoms with van der Waals surface area (Å²) in [5.41, 5.74) is 6.95. The molecule has 0 amide bonds. The van der Waals surface area contributed by atoms with Gasteiger partial charge in [0, 0.05) is 26.7 Å². The van der Waals surface area contributed by atoms with E-state index in [4.69, 9.17) is 0 Å². The summed E-state index contributed by atoms with van der Waals surface area (Å²) < 4.78 is 1.13. The lowest BCUT2D eigenvalue weighted by molar-refractivity contribution is 0.425. The highest BCUT2D eigenvalue weighted by Crippen LogP contribution is 2.51. The highest BCUT2D eigenvalue weighted by Gasteiger charge is 2.38. The standard InChI is InChI=1S/C26H24BrNS/c1-17-14-18(16-29-21-6-3-2-4-7-21)15-24-22-8-5-9-23(22)26(28-25(17)24)19-10-12-20(27)13-11-19/h2-8,10-15,22-23,26,28H,9,16H2,1H3/t22-,23+,26-/m1/s1. The zero-order valence-electron chi connectivity index (χ0n) is 16.4. The molecule has 3 atom stereocenters. The van der Waals surface area contributed by atoms with Crippen molar-refractivity contribution in [2.75, 3.05) is 5.32 Å². The van der Waals surface area contributed by atoms with E-state index in [1.807, 2.05) is 11.8 Å². The first-order valence-electron chi connectivity index (χ1n) is 10.2. The van der Waals surface area contributed by atoms with Crippen LogP contribution in [0.4, 0.5) is 5.69 Å². The first-order valence-corrected chi connectivity index (χ1v) is 12.0. The molecule has 0 saturated heterocycles. The molecule has 0 spiro atoms. The van der Waals surface area contributed by atoms with Crippen molar-refractivity contribution in [1.29, 1.82) is 0 Å². The molecule has 1 aliphatic heterocycles. The molecule has 3 aromatic carbocycles. The van der Waals surface area contributed by atoms with Gasteiger partial charge in [0.1, 0.15) is 0 Å². The minimum atomic E-state index is 0.360. The number of hydrogen-bond acceptors (Lipinski definition) is 2. The average molecular weight is 462 g/mol.